The summed E-state index contributed by atoms with van der Waals surface area (Å²) < 4.78 is 1.82. The largest absolute Gasteiger partial charge is 0.334 e. The second kappa shape index (κ2) is 5.31. The number of unbranched alkanes of at least 4 members (excludes halogenated alkanes) is 2. The third-order valence-corrected chi connectivity index (χ3v) is 3.20. The van der Waals surface area contributed by atoms with Crippen LogP contribution in [0, 0.1) is 0 Å². The SMILES string of the molecule is CCCCCN1CC(=O)N[C@@H]1c1ccnn1C. The molecule has 1 aromatic rings. The van der Waals surface area contributed by atoms with Crippen molar-refractivity contribution in [3.63, 3.8) is 0 Å². The third-order valence-electron chi connectivity index (χ3n) is 3.20. The minimum Gasteiger partial charge on any atom is -0.334 e. The van der Waals surface area contributed by atoms with Gasteiger partial charge in [-0.25, -0.2) is 0 Å². The molecule has 1 N–H and O–H groups in total. The highest BCUT2D eigenvalue weighted by Gasteiger charge is 2.31. The van der Waals surface area contributed by atoms with Crippen LogP contribution in [0.2, 0.25) is 0 Å². The molecule has 0 saturated carbocycles. The van der Waals surface area contributed by atoms with Gasteiger partial charge in [0.2, 0.25) is 5.91 Å². The molecular weight excluding hydrogens is 216 g/mol. The third kappa shape index (κ3) is 2.66. The average molecular weight is 236 g/mol. The summed E-state index contributed by atoms with van der Waals surface area (Å²) in [6, 6.07) is 1.96. The van der Waals surface area contributed by atoms with Gasteiger partial charge in [-0.05, 0) is 12.5 Å². The van der Waals surface area contributed by atoms with Crippen LogP contribution >= 0.6 is 0 Å². The molecule has 5 nitrogen and oxygen atoms in total. The van der Waals surface area contributed by atoms with E-state index in [1.54, 1.807) is 6.20 Å². The van der Waals surface area contributed by atoms with E-state index >= 15 is 0 Å². The zero-order valence-corrected chi connectivity index (χ0v) is 10.5. The average Bonchev–Trinajstić information content (AvgIpc) is 2.85. The van der Waals surface area contributed by atoms with Gasteiger partial charge in [0.15, 0.2) is 0 Å². The van der Waals surface area contributed by atoms with E-state index in [2.05, 4.69) is 22.2 Å². The Morgan fingerprint density at radius 2 is 2.35 bits per heavy atom. The maximum absolute atomic E-state index is 11.5. The number of carbonyl (C=O) groups is 1. The number of nitrogens with one attached hydrogen (secondary N) is 1. The maximum Gasteiger partial charge on any atom is 0.235 e. The summed E-state index contributed by atoms with van der Waals surface area (Å²) in [5.41, 5.74) is 1.05. The summed E-state index contributed by atoms with van der Waals surface area (Å²) in [6.07, 6.45) is 5.31. The van der Waals surface area contributed by atoms with Crippen molar-refractivity contribution in [3.05, 3.63) is 18.0 Å². The lowest BCUT2D eigenvalue weighted by atomic mass is 10.2. The van der Waals surface area contributed by atoms with E-state index in [0.717, 1.165) is 18.7 Å². The Labute approximate surface area is 102 Å². The highest BCUT2D eigenvalue weighted by atomic mass is 16.2. The Balaban J connectivity index is 2.04. The molecule has 1 aliphatic heterocycles. The zero-order chi connectivity index (χ0) is 12.3. The monoisotopic (exact) mass is 236 g/mol. The van der Waals surface area contributed by atoms with Crippen LogP contribution in [0.5, 0.6) is 0 Å². The topological polar surface area (TPSA) is 50.2 Å². The highest BCUT2D eigenvalue weighted by molar-refractivity contribution is 5.80. The molecule has 1 saturated heterocycles. The molecule has 0 aliphatic carbocycles. The first-order valence-electron chi connectivity index (χ1n) is 6.23. The number of hydrogen-bond acceptors (Lipinski definition) is 3. The van der Waals surface area contributed by atoms with Gasteiger partial charge in [0.05, 0.1) is 12.2 Å². The minimum absolute atomic E-state index is 0.00754. The Morgan fingerprint density at radius 3 is 3.00 bits per heavy atom. The number of nitrogens with zero attached hydrogens (tertiary/aromatic N) is 3. The molecule has 2 heterocycles. The second-order valence-electron chi connectivity index (χ2n) is 4.53. The van der Waals surface area contributed by atoms with E-state index < -0.39 is 0 Å². The molecule has 0 unspecified atom stereocenters. The lowest BCUT2D eigenvalue weighted by molar-refractivity contribution is -0.118. The van der Waals surface area contributed by atoms with E-state index in [1.165, 1.54) is 12.8 Å². The number of carbonyl (C=O) groups excluding carboxylic acids is 1. The summed E-state index contributed by atoms with van der Waals surface area (Å²) in [7, 11) is 1.91. The van der Waals surface area contributed by atoms with Gasteiger partial charge in [-0.15, -0.1) is 0 Å². The molecule has 1 atom stereocenters. The lowest BCUT2D eigenvalue weighted by Crippen LogP contribution is -2.30. The zero-order valence-electron chi connectivity index (χ0n) is 10.5. The molecule has 94 valence electrons. The summed E-state index contributed by atoms with van der Waals surface area (Å²) in [5.74, 6) is 0.104. The summed E-state index contributed by atoms with van der Waals surface area (Å²) in [4.78, 5) is 13.7. The smallest absolute Gasteiger partial charge is 0.235 e. The van der Waals surface area contributed by atoms with E-state index in [4.69, 9.17) is 0 Å². The summed E-state index contributed by atoms with van der Waals surface area (Å²) in [6.45, 7) is 3.65. The molecule has 2 rings (SSSR count). The standard InChI is InChI=1S/C12H20N4O/c1-3-4-5-8-16-9-11(17)14-12(16)10-6-7-13-15(10)2/h6-7,12H,3-5,8-9H2,1-2H3,(H,14,17)/t12-/m0/s1. The molecule has 0 spiro atoms. The van der Waals surface area contributed by atoms with Crippen molar-refractivity contribution in [1.82, 2.24) is 20.0 Å². The number of aromatic nitrogens is 2. The molecule has 1 aromatic heterocycles. The molecule has 1 amide bonds. The van der Waals surface area contributed by atoms with Gasteiger partial charge < -0.3 is 5.32 Å². The fraction of sp³-hybridized carbons (Fsp3) is 0.667. The van der Waals surface area contributed by atoms with E-state index in [0.29, 0.717) is 6.54 Å². The lowest BCUT2D eigenvalue weighted by Gasteiger charge is -2.22. The fourth-order valence-corrected chi connectivity index (χ4v) is 2.25. The molecule has 5 heteroatoms. The Hall–Kier alpha value is -1.36. The minimum atomic E-state index is -0.00754. The normalized spacial score (nSPS) is 20.8. The predicted octanol–water partition coefficient (Wildman–Crippen LogP) is 1.04. The molecule has 1 fully saturated rings. The van der Waals surface area contributed by atoms with E-state index in [9.17, 15) is 4.79 Å². The maximum atomic E-state index is 11.5. The Bertz CT molecular complexity index is 388. The van der Waals surface area contributed by atoms with Crippen LogP contribution in [0.4, 0.5) is 0 Å². The van der Waals surface area contributed by atoms with Crippen LogP contribution < -0.4 is 5.32 Å². The number of aryl methyl sites for hydroxylation is 1. The van der Waals surface area contributed by atoms with Crippen molar-refractivity contribution in [1.29, 1.82) is 0 Å². The first-order chi connectivity index (χ1) is 8.22. The fourth-order valence-electron chi connectivity index (χ4n) is 2.25. The van der Waals surface area contributed by atoms with Crippen LogP contribution in [-0.4, -0.2) is 33.7 Å². The van der Waals surface area contributed by atoms with Gasteiger partial charge in [0, 0.05) is 19.8 Å². The summed E-state index contributed by atoms with van der Waals surface area (Å²) >= 11 is 0. The molecule has 17 heavy (non-hydrogen) atoms. The van der Waals surface area contributed by atoms with Crippen LogP contribution in [0.1, 0.15) is 38.0 Å². The molecule has 0 aromatic carbocycles. The van der Waals surface area contributed by atoms with Crippen molar-refractivity contribution in [3.8, 4) is 0 Å². The highest BCUT2D eigenvalue weighted by Crippen LogP contribution is 2.21. The van der Waals surface area contributed by atoms with Gasteiger partial charge >= 0.3 is 0 Å². The van der Waals surface area contributed by atoms with Gasteiger partial charge in [-0.3, -0.25) is 14.4 Å². The van der Waals surface area contributed by atoms with Crippen LogP contribution in [-0.2, 0) is 11.8 Å². The molecule has 0 bridgehead atoms. The molecule has 1 aliphatic rings. The van der Waals surface area contributed by atoms with Crippen molar-refractivity contribution in [2.75, 3.05) is 13.1 Å². The van der Waals surface area contributed by atoms with Crippen LogP contribution in [0.3, 0.4) is 0 Å². The Kier molecular flexibility index (Phi) is 3.78. The van der Waals surface area contributed by atoms with Crippen molar-refractivity contribution in [2.45, 2.75) is 32.4 Å². The molecule has 0 radical (unpaired) electrons. The van der Waals surface area contributed by atoms with Crippen LogP contribution in [0.25, 0.3) is 0 Å². The van der Waals surface area contributed by atoms with Crippen molar-refractivity contribution < 1.29 is 4.79 Å². The van der Waals surface area contributed by atoms with Crippen molar-refractivity contribution in [2.24, 2.45) is 7.05 Å². The second-order valence-corrected chi connectivity index (χ2v) is 4.53. The van der Waals surface area contributed by atoms with Gasteiger partial charge in [0.25, 0.3) is 0 Å². The van der Waals surface area contributed by atoms with Crippen molar-refractivity contribution >= 4 is 5.91 Å². The van der Waals surface area contributed by atoms with Gasteiger partial charge in [-0.1, -0.05) is 19.8 Å². The number of rotatable bonds is 5. The van der Waals surface area contributed by atoms with Gasteiger partial charge in [-0.2, -0.15) is 5.10 Å². The quantitative estimate of drug-likeness (QED) is 0.777. The van der Waals surface area contributed by atoms with Gasteiger partial charge in [0.1, 0.15) is 6.17 Å². The van der Waals surface area contributed by atoms with Crippen LogP contribution in [0.15, 0.2) is 12.3 Å². The van der Waals surface area contributed by atoms with E-state index in [-0.39, 0.29) is 12.1 Å². The first-order valence-corrected chi connectivity index (χ1v) is 6.23. The summed E-state index contributed by atoms with van der Waals surface area (Å²) in [5, 5.41) is 7.16. The number of hydrogen-bond donors (Lipinski definition) is 1. The first kappa shape index (κ1) is 12.1. The number of amides is 1. The predicted molar refractivity (Wildman–Crippen MR) is 65.2 cm³/mol. The Morgan fingerprint density at radius 1 is 1.53 bits per heavy atom. The van der Waals surface area contributed by atoms with E-state index in [1.807, 2.05) is 17.8 Å². The molecular formula is C12H20N4O.